The zero-order valence-corrected chi connectivity index (χ0v) is 11.7. The van der Waals surface area contributed by atoms with E-state index in [0.29, 0.717) is 17.3 Å². The average molecular weight is 293 g/mol. The molecule has 8 nitrogen and oxygen atoms in total. The Morgan fingerprint density at radius 1 is 1.52 bits per heavy atom. The summed E-state index contributed by atoms with van der Waals surface area (Å²) in [4.78, 5) is 30.8. The number of methoxy groups -OCH3 is 1. The zero-order chi connectivity index (χ0) is 15.2. The largest absolute Gasteiger partial charge is 0.475 e. The molecule has 2 heterocycles. The molecule has 112 valence electrons. The summed E-state index contributed by atoms with van der Waals surface area (Å²) in [7, 11) is 1.30. The molecule has 8 heteroatoms. The van der Waals surface area contributed by atoms with Crippen LogP contribution in [0.15, 0.2) is 23.3 Å². The minimum atomic E-state index is -0.667. The molecule has 0 bridgehead atoms. The van der Waals surface area contributed by atoms with Crippen LogP contribution in [-0.2, 0) is 19.0 Å². The molecule has 1 aromatic heterocycles. The minimum absolute atomic E-state index is 0.130. The van der Waals surface area contributed by atoms with Gasteiger partial charge in [-0.2, -0.15) is 0 Å². The predicted octanol–water partition coefficient (Wildman–Crippen LogP) is 0.968. The van der Waals surface area contributed by atoms with Crippen LogP contribution in [0.4, 0.5) is 10.6 Å². The molecule has 2 rings (SSSR count). The van der Waals surface area contributed by atoms with E-state index in [9.17, 15) is 9.59 Å². The van der Waals surface area contributed by atoms with Gasteiger partial charge in [-0.25, -0.2) is 19.6 Å². The standard InChI is InChI=1S/C13H15N3O5/c1-3-20-13(18)16-10-6-8(4-5-14-10)11-15-9(7-21-11)12(17)19-2/h4-6,9H,3,7H2,1-2H3,(H,14,16,18). The Bertz CT molecular complexity index is 573. The zero-order valence-electron chi connectivity index (χ0n) is 11.7. The molecule has 21 heavy (non-hydrogen) atoms. The molecular formula is C13H15N3O5. The number of nitrogens with one attached hydrogen (secondary N) is 1. The summed E-state index contributed by atoms with van der Waals surface area (Å²) >= 11 is 0. The van der Waals surface area contributed by atoms with Crippen LogP contribution in [-0.4, -0.2) is 49.3 Å². The monoisotopic (exact) mass is 293 g/mol. The van der Waals surface area contributed by atoms with Gasteiger partial charge in [0.2, 0.25) is 5.90 Å². The fourth-order valence-corrected chi connectivity index (χ4v) is 1.69. The summed E-state index contributed by atoms with van der Waals surface area (Å²) in [5.41, 5.74) is 0.600. The Balaban J connectivity index is 2.11. The van der Waals surface area contributed by atoms with Crippen LogP contribution in [0.25, 0.3) is 0 Å². The van der Waals surface area contributed by atoms with E-state index in [0.717, 1.165) is 0 Å². The van der Waals surface area contributed by atoms with Gasteiger partial charge in [-0.15, -0.1) is 0 Å². The fraction of sp³-hybridized carbons (Fsp3) is 0.385. The van der Waals surface area contributed by atoms with Gasteiger partial charge in [0.05, 0.1) is 13.7 Å². The number of hydrogen-bond donors (Lipinski definition) is 1. The first-order chi connectivity index (χ1) is 10.1. The number of rotatable bonds is 4. The second kappa shape index (κ2) is 6.69. The van der Waals surface area contributed by atoms with Gasteiger partial charge >= 0.3 is 12.1 Å². The van der Waals surface area contributed by atoms with E-state index >= 15 is 0 Å². The van der Waals surface area contributed by atoms with Crippen LogP contribution in [0, 0.1) is 0 Å². The normalized spacial score (nSPS) is 16.7. The number of hydrogen-bond acceptors (Lipinski definition) is 7. The van der Waals surface area contributed by atoms with Gasteiger partial charge < -0.3 is 14.2 Å². The molecule has 0 aliphatic carbocycles. The fourth-order valence-electron chi connectivity index (χ4n) is 1.69. The molecule has 1 amide bonds. The second-order valence-electron chi connectivity index (χ2n) is 4.06. The summed E-state index contributed by atoms with van der Waals surface area (Å²) in [5, 5.41) is 2.48. The number of amides is 1. The summed E-state index contributed by atoms with van der Waals surface area (Å²) in [6.07, 6.45) is 0.901. The number of aromatic nitrogens is 1. The molecule has 1 aliphatic rings. The maximum Gasteiger partial charge on any atom is 0.412 e. The van der Waals surface area contributed by atoms with Crippen LogP contribution < -0.4 is 5.32 Å². The van der Waals surface area contributed by atoms with E-state index in [1.165, 1.54) is 13.3 Å². The SMILES string of the molecule is CCOC(=O)Nc1cc(C2=NC(C(=O)OC)CO2)ccn1. The Morgan fingerprint density at radius 2 is 2.33 bits per heavy atom. The number of esters is 1. The van der Waals surface area contributed by atoms with Crippen LogP contribution in [0.3, 0.4) is 0 Å². The smallest absolute Gasteiger partial charge is 0.412 e. The highest BCUT2D eigenvalue weighted by molar-refractivity contribution is 5.98. The Hall–Kier alpha value is -2.64. The van der Waals surface area contributed by atoms with Crippen molar-refractivity contribution in [3.63, 3.8) is 0 Å². The number of aliphatic imine (C=N–C) groups is 1. The third kappa shape index (κ3) is 3.68. The molecule has 0 aromatic carbocycles. The molecule has 1 atom stereocenters. The van der Waals surface area contributed by atoms with Crippen LogP contribution in [0.5, 0.6) is 0 Å². The summed E-state index contributed by atoms with van der Waals surface area (Å²) in [6, 6.07) is 2.57. The molecule has 1 unspecified atom stereocenters. The Labute approximate surface area is 121 Å². The maximum atomic E-state index is 11.4. The van der Waals surface area contributed by atoms with Gasteiger partial charge in [-0.05, 0) is 19.1 Å². The molecule has 0 saturated heterocycles. The molecule has 0 radical (unpaired) electrons. The van der Waals surface area contributed by atoms with E-state index in [4.69, 9.17) is 9.47 Å². The lowest BCUT2D eigenvalue weighted by Crippen LogP contribution is -2.21. The molecule has 0 fully saturated rings. The van der Waals surface area contributed by atoms with Crippen LogP contribution in [0.2, 0.25) is 0 Å². The van der Waals surface area contributed by atoms with Gasteiger partial charge in [0.1, 0.15) is 12.4 Å². The van der Waals surface area contributed by atoms with Gasteiger partial charge in [-0.1, -0.05) is 0 Å². The Morgan fingerprint density at radius 3 is 3.05 bits per heavy atom. The quantitative estimate of drug-likeness (QED) is 0.830. The van der Waals surface area contributed by atoms with Crippen molar-refractivity contribution in [2.24, 2.45) is 4.99 Å². The molecule has 0 spiro atoms. The highest BCUT2D eigenvalue weighted by atomic mass is 16.5. The summed E-state index contributed by atoms with van der Waals surface area (Å²) < 4.78 is 14.7. The van der Waals surface area contributed by atoms with Crippen LogP contribution in [0.1, 0.15) is 12.5 Å². The van der Waals surface area contributed by atoms with Gasteiger partial charge in [-0.3, -0.25) is 5.32 Å². The lowest BCUT2D eigenvalue weighted by Gasteiger charge is -2.06. The number of pyridine rings is 1. The van der Waals surface area contributed by atoms with Crippen molar-refractivity contribution in [2.45, 2.75) is 13.0 Å². The van der Waals surface area contributed by atoms with Crippen molar-refractivity contribution in [3.8, 4) is 0 Å². The second-order valence-corrected chi connectivity index (χ2v) is 4.06. The third-order valence-corrected chi connectivity index (χ3v) is 2.64. The number of carbonyl (C=O) groups is 2. The number of nitrogens with zero attached hydrogens (tertiary/aromatic N) is 2. The number of ether oxygens (including phenoxy) is 3. The first-order valence-corrected chi connectivity index (χ1v) is 6.32. The molecular weight excluding hydrogens is 278 g/mol. The van der Waals surface area contributed by atoms with E-state index in [2.05, 4.69) is 20.0 Å². The maximum absolute atomic E-state index is 11.4. The van der Waals surface area contributed by atoms with Crippen molar-refractivity contribution in [1.29, 1.82) is 0 Å². The Kier molecular flexibility index (Phi) is 4.70. The highest BCUT2D eigenvalue weighted by Gasteiger charge is 2.27. The van der Waals surface area contributed by atoms with Crippen molar-refractivity contribution in [3.05, 3.63) is 23.9 Å². The first kappa shape index (κ1) is 14.8. The summed E-state index contributed by atoms with van der Waals surface area (Å²) in [5.74, 6) is 0.155. The van der Waals surface area contributed by atoms with E-state index < -0.39 is 18.1 Å². The predicted molar refractivity (Wildman–Crippen MR) is 73.2 cm³/mol. The molecule has 1 aromatic rings. The highest BCUT2D eigenvalue weighted by Crippen LogP contribution is 2.15. The van der Waals surface area contributed by atoms with Crippen molar-refractivity contribution < 1.29 is 23.8 Å². The first-order valence-electron chi connectivity index (χ1n) is 6.32. The lowest BCUT2D eigenvalue weighted by atomic mass is 10.2. The lowest BCUT2D eigenvalue weighted by molar-refractivity contribution is -0.142. The topological polar surface area (TPSA) is 99.1 Å². The molecule has 1 aliphatic heterocycles. The number of anilines is 1. The van der Waals surface area contributed by atoms with Crippen molar-refractivity contribution in [2.75, 3.05) is 25.6 Å². The van der Waals surface area contributed by atoms with Crippen molar-refractivity contribution >= 4 is 23.8 Å². The van der Waals surface area contributed by atoms with Gasteiger partial charge in [0, 0.05) is 11.8 Å². The van der Waals surface area contributed by atoms with Crippen molar-refractivity contribution in [1.82, 2.24) is 4.98 Å². The van der Waals surface area contributed by atoms with E-state index in [1.807, 2.05) is 0 Å². The van der Waals surface area contributed by atoms with Crippen LogP contribution >= 0.6 is 0 Å². The number of carbonyl (C=O) groups excluding carboxylic acids is 2. The third-order valence-electron chi connectivity index (χ3n) is 2.64. The minimum Gasteiger partial charge on any atom is -0.475 e. The van der Waals surface area contributed by atoms with E-state index in [1.54, 1.807) is 19.1 Å². The van der Waals surface area contributed by atoms with E-state index in [-0.39, 0.29) is 13.2 Å². The molecule has 1 N–H and O–H groups in total. The van der Waals surface area contributed by atoms with Gasteiger partial charge in [0.15, 0.2) is 6.04 Å². The average Bonchev–Trinajstić information content (AvgIpc) is 2.97. The van der Waals surface area contributed by atoms with Gasteiger partial charge in [0.25, 0.3) is 0 Å². The summed E-state index contributed by atoms with van der Waals surface area (Å²) in [6.45, 7) is 2.10. The molecule has 0 saturated carbocycles.